The molecule has 0 atom stereocenters. The molecular weight excluding hydrogens is 245 g/mol. The van der Waals surface area contributed by atoms with Gasteiger partial charge >= 0.3 is 0 Å². The molecule has 0 heterocycles. The van der Waals surface area contributed by atoms with E-state index in [2.05, 4.69) is 0 Å². The largest absolute Gasteiger partial charge is 0.493 e. The van der Waals surface area contributed by atoms with E-state index in [1.807, 2.05) is 6.07 Å². The summed E-state index contributed by atoms with van der Waals surface area (Å²) in [5.41, 5.74) is 7.50. The standard InChI is InChI=1S/C15H16FNO2/c1-18-14-6-4-11(8-15(14)19-2)12-5-3-10(9-17)7-13(12)16/h3-8H,9,17H2,1-2H3. The minimum absolute atomic E-state index is 0.296. The van der Waals surface area contributed by atoms with Crippen LogP contribution in [0.15, 0.2) is 36.4 Å². The maximum Gasteiger partial charge on any atom is 0.161 e. The van der Waals surface area contributed by atoms with Crippen molar-refractivity contribution in [1.29, 1.82) is 0 Å². The molecule has 0 aromatic heterocycles. The maximum absolute atomic E-state index is 14.0. The summed E-state index contributed by atoms with van der Waals surface area (Å²) in [6.45, 7) is 0.323. The summed E-state index contributed by atoms with van der Waals surface area (Å²) in [5, 5.41) is 0. The molecule has 100 valence electrons. The van der Waals surface area contributed by atoms with Crippen LogP contribution in [0.3, 0.4) is 0 Å². The van der Waals surface area contributed by atoms with E-state index in [0.717, 1.165) is 11.1 Å². The van der Waals surface area contributed by atoms with Gasteiger partial charge in [-0.25, -0.2) is 4.39 Å². The lowest BCUT2D eigenvalue weighted by Crippen LogP contribution is -1.97. The van der Waals surface area contributed by atoms with Gasteiger partial charge in [0.15, 0.2) is 11.5 Å². The summed E-state index contributed by atoms with van der Waals surface area (Å²) < 4.78 is 24.4. The Morgan fingerprint density at radius 2 is 1.74 bits per heavy atom. The second-order valence-corrected chi connectivity index (χ2v) is 4.09. The van der Waals surface area contributed by atoms with Crippen LogP contribution >= 0.6 is 0 Å². The van der Waals surface area contributed by atoms with E-state index in [9.17, 15) is 4.39 Å². The van der Waals surface area contributed by atoms with Crippen molar-refractivity contribution in [2.24, 2.45) is 5.73 Å². The molecule has 0 radical (unpaired) electrons. The Bertz CT molecular complexity index is 584. The van der Waals surface area contributed by atoms with Crippen molar-refractivity contribution >= 4 is 0 Å². The van der Waals surface area contributed by atoms with E-state index in [1.54, 1.807) is 38.5 Å². The normalized spacial score (nSPS) is 10.3. The first-order valence-electron chi connectivity index (χ1n) is 5.90. The molecule has 0 bridgehead atoms. The van der Waals surface area contributed by atoms with Crippen LogP contribution < -0.4 is 15.2 Å². The summed E-state index contributed by atoms with van der Waals surface area (Å²) >= 11 is 0. The molecule has 0 spiro atoms. The highest BCUT2D eigenvalue weighted by atomic mass is 19.1. The minimum Gasteiger partial charge on any atom is -0.493 e. The van der Waals surface area contributed by atoms with E-state index in [-0.39, 0.29) is 5.82 Å². The minimum atomic E-state index is -0.296. The SMILES string of the molecule is COc1ccc(-c2ccc(CN)cc2F)cc1OC. The Morgan fingerprint density at radius 3 is 2.32 bits per heavy atom. The Kier molecular flexibility index (Phi) is 4.02. The van der Waals surface area contributed by atoms with Crippen molar-refractivity contribution in [2.75, 3.05) is 14.2 Å². The van der Waals surface area contributed by atoms with Gasteiger partial charge in [-0.15, -0.1) is 0 Å². The Hall–Kier alpha value is -2.07. The molecule has 0 fully saturated rings. The molecular formula is C15H16FNO2. The van der Waals surface area contributed by atoms with E-state index in [1.165, 1.54) is 6.07 Å². The molecule has 0 saturated carbocycles. The molecule has 3 nitrogen and oxygen atoms in total. The molecule has 2 aromatic rings. The molecule has 2 aromatic carbocycles. The van der Waals surface area contributed by atoms with Crippen LogP contribution in [0.25, 0.3) is 11.1 Å². The zero-order valence-corrected chi connectivity index (χ0v) is 10.9. The molecule has 4 heteroatoms. The van der Waals surface area contributed by atoms with Crippen molar-refractivity contribution in [3.05, 3.63) is 47.8 Å². The lowest BCUT2D eigenvalue weighted by Gasteiger charge is -2.10. The number of hydrogen-bond donors (Lipinski definition) is 1. The van der Waals surface area contributed by atoms with E-state index in [0.29, 0.717) is 23.6 Å². The summed E-state index contributed by atoms with van der Waals surface area (Å²) in [5.74, 6) is 0.891. The first-order chi connectivity index (χ1) is 9.19. The molecule has 0 saturated heterocycles. The maximum atomic E-state index is 14.0. The predicted octanol–water partition coefficient (Wildman–Crippen LogP) is 2.97. The number of halogens is 1. The van der Waals surface area contributed by atoms with Crippen LogP contribution in [-0.2, 0) is 6.54 Å². The number of rotatable bonds is 4. The van der Waals surface area contributed by atoms with Crippen LogP contribution in [0.5, 0.6) is 11.5 Å². The summed E-state index contributed by atoms with van der Waals surface area (Å²) in [7, 11) is 3.11. The van der Waals surface area contributed by atoms with Crippen LogP contribution in [0.4, 0.5) is 4.39 Å². The summed E-state index contributed by atoms with van der Waals surface area (Å²) in [4.78, 5) is 0. The topological polar surface area (TPSA) is 44.5 Å². The zero-order chi connectivity index (χ0) is 13.8. The van der Waals surface area contributed by atoms with Crippen molar-refractivity contribution in [3.8, 4) is 22.6 Å². The number of methoxy groups -OCH3 is 2. The van der Waals surface area contributed by atoms with Crippen LogP contribution in [0.2, 0.25) is 0 Å². The number of benzene rings is 2. The molecule has 0 aliphatic heterocycles. The van der Waals surface area contributed by atoms with Gasteiger partial charge in [-0.05, 0) is 29.3 Å². The van der Waals surface area contributed by atoms with Gasteiger partial charge in [-0.2, -0.15) is 0 Å². The van der Waals surface area contributed by atoms with Gasteiger partial charge in [0.1, 0.15) is 5.82 Å². The van der Waals surface area contributed by atoms with Gasteiger partial charge in [0.2, 0.25) is 0 Å². The highest BCUT2D eigenvalue weighted by molar-refractivity contribution is 5.68. The van der Waals surface area contributed by atoms with Crippen LogP contribution in [-0.4, -0.2) is 14.2 Å². The second-order valence-electron chi connectivity index (χ2n) is 4.09. The third-order valence-electron chi connectivity index (χ3n) is 2.96. The zero-order valence-electron chi connectivity index (χ0n) is 10.9. The van der Waals surface area contributed by atoms with E-state index in [4.69, 9.17) is 15.2 Å². The molecule has 19 heavy (non-hydrogen) atoms. The number of ether oxygens (including phenoxy) is 2. The van der Waals surface area contributed by atoms with Crippen molar-refractivity contribution in [2.45, 2.75) is 6.54 Å². The Labute approximate surface area is 111 Å². The fourth-order valence-corrected chi connectivity index (χ4v) is 1.92. The van der Waals surface area contributed by atoms with Crippen LogP contribution in [0.1, 0.15) is 5.56 Å². The fraction of sp³-hybridized carbons (Fsp3) is 0.200. The molecule has 0 unspecified atom stereocenters. The second kappa shape index (κ2) is 5.71. The van der Waals surface area contributed by atoms with Gasteiger partial charge in [-0.1, -0.05) is 18.2 Å². The van der Waals surface area contributed by atoms with E-state index < -0.39 is 0 Å². The molecule has 0 aliphatic carbocycles. The van der Waals surface area contributed by atoms with Gasteiger partial charge in [0.05, 0.1) is 14.2 Å². The van der Waals surface area contributed by atoms with Crippen molar-refractivity contribution in [3.63, 3.8) is 0 Å². The number of hydrogen-bond acceptors (Lipinski definition) is 3. The monoisotopic (exact) mass is 261 g/mol. The summed E-state index contributed by atoms with van der Waals surface area (Å²) in [6.07, 6.45) is 0. The Morgan fingerprint density at radius 1 is 1.00 bits per heavy atom. The van der Waals surface area contributed by atoms with Gasteiger partial charge < -0.3 is 15.2 Å². The molecule has 2 N–H and O–H groups in total. The lowest BCUT2D eigenvalue weighted by molar-refractivity contribution is 0.355. The van der Waals surface area contributed by atoms with Crippen LogP contribution in [0, 0.1) is 5.82 Å². The smallest absolute Gasteiger partial charge is 0.161 e. The molecule has 2 rings (SSSR count). The van der Waals surface area contributed by atoms with Crippen molar-refractivity contribution < 1.29 is 13.9 Å². The van der Waals surface area contributed by atoms with Gasteiger partial charge in [0.25, 0.3) is 0 Å². The number of nitrogens with two attached hydrogens (primary N) is 1. The first kappa shape index (κ1) is 13.4. The van der Waals surface area contributed by atoms with E-state index >= 15 is 0 Å². The summed E-state index contributed by atoms with van der Waals surface area (Å²) in [6, 6.07) is 10.3. The highest BCUT2D eigenvalue weighted by Gasteiger charge is 2.10. The molecule has 0 amide bonds. The highest BCUT2D eigenvalue weighted by Crippen LogP contribution is 2.33. The van der Waals surface area contributed by atoms with Gasteiger partial charge in [0, 0.05) is 12.1 Å². The van der Waals surface area contributed by atoms with Gasteiger partial charge in [-0.3, -0.25) is 0 Å². The third-order valence-corrected chi connectivity index (χ3v) is 2.96. The lowest BCUT2D eigenvalue weighted by atomic mass is 10.0. The van der Waals surface area contributed by atoms with Crippen molar-refractivity contribution in [1.82, 2.24) is 0 Å². The first-order valence-corrected chi connectivity index (χ1v) is 5.90. The Balaban J connectivity index is 2.47. The third kappa shape index (κ3) is 2.69. The fourth-order valence-electron chi connectivity index (χ4n) is 1.92. The molecule has 0 aliphatic rings. The average Bonchev–Trinajstić information content (AvgIpc) is 2.46. The average molecular weight is 261 g/mol. The predicted molar refractivity (Wildman–Crippen MR) is 72.8 cm³/mol. The quantitative estimate of drug-likeness (QED) is 0.920.